The Morgan fingerprint density at radius 3 is 2.03 bits per heavy atom. The minimum absolute atomic E-state index is 0.0902. The molecule has 1 heterocycles. The predicted molar refractivity (Wildman–Crippen MR) is 123 cm³/mol. The minimum Gasteiger partial charge on any atom is -0.324 e. The molecule has 9 heteroatoms. The Morgan fingerprint density at radius 2 is 1.37 bits per heavy atom. The third-order valence-corrected chi connectivity index (χ3v) is 5.82. The van der Waals surface area contributed by atoms with Gasteiger partial charge in [0.05, 0.1) is 33.0 Å². The smallest absolute Gasteiger partial charge is 0.238 e. The quantitative estimate of drug-likeness (QED) is 0.637. The summed E-state index contributed by atoms with van der Waals surface area (Å²) in [7, 11) is 0. The summed E-state index contributed by atoms with van der Waals surface area (Å²) in [6.07, 6.45) is 0.342. The molecule has 0 saturated carbocycles. The second-order valence-electron chi connectivity index (χ2n) is 7.04. The maximum atomic E-state index is 12.3. The highest BCUT2D eigenvalue weighted by Crippen LogP contribution is 2.29. The largest absolute Gasteiger partial charge is 0.324 e. The van der Waals surface area contributed by atoms with Crippen LogP contribution in [0.1, 0.15) is 6.42 Å². The van der Waals surface area contributed by atoms with Crippen LogP contribution in [0.3, 0.4) is 0 Å². The molecule has 2 N–H and O–H groups in total. The average Bonchev–Trinajstić information content (AvgIpc) is 2.72. The fraction of sp³-hybridized carbons (Fsp3) is 0.333. The standard InChI is InChI=1S/C21H23Cl3N4O2/c22-15-4-1-2-7-18(15)25-20(30)14-28-12-10-27(11-13-28)9-8-19(29)26-21-16(23)5-3-6-17(21)24/h1-7H,8-14H2,(H,25,30)(H,26,29). The molecule has 2 aromatic carbocycles. The fourth-order valence-corrected chi connectivity index (χ4v) is 3.88. The Bertz CT molecular complexity index is 881. The molecule has 30 heavy (non-hydrogen) atoms. The Kier molecular flexibility index (Phi) is 8.36. The lowest BCUT2D eigenvalue weighted by Crippen LogP contribution is -2.49. The van der Waals surface area contributed by atoms with Gasteiger partial charge in [-0.1, -0.05) is 53.0 Å². The van der Waals surface area contributed by atoms with Gasteiger partial charge in [-0.25, -0.2) is 0 Å². The van der Waals surface area contributed by atoms with Crippen molar-refractivity contribution >= 4 is 58.0 Å². The molecule has 1 saturated heterocycles. The number of anilines is 2. The number of carbonyl (C=O) groups is 2. The number of benzene rings is 2. The molecule has 0 spiro atoms. The summed E-state index contributed by atoms with van der Waals surface area (Å²) in [5.74, 6) is -0.223. The van der Waals surface area contributed by atoms with Crippen molar-refractivity contribution in [1.82, 2.24) is 9.80 Å². The van der Waals surface area contributed by atoms with E-state index in [2.05, 4.69) is 20.4 Å². The molecule has 0 aliphatic carbocycles. The topological polar surface area (TPSA) is 64.7 Å². The first kappa shape index (κ1) is 22.8. The van der Waals surface area contributed by atoms with Gasteiger partial charge in [-0.2, -0.15) is 0 Å². The minimum atomic E-state index is -0.133. The second-order valence-corrected chi connectivity index (χ2v) is 8.26. The summed E-state index contributed by atoms with van der Waals surface area (Å²) in [5.41, 5.74) is 1.06. The lowest BCUT2D eigenvalue weighted by atomic mass is 10.2. The number of hydrogen-bond donors (Lipinski definition) is 2. The molecule has 0 bridgehead atoms. The molecular formula is C21H23Cl3N4O2. The Labute approximate surface area is 191 Å². The van der Waals surface area contributed by atoms with Crippen molar-refractivity contribution < 1.29 is 9.59 Å². The van der Waals surface area contributed by atoms with Crippen molar-refractivity contribution in [2.45, 2.75) is 6.42 Å². The van der Waals surface area contributed by atoms with Crippen LogP contribution in [0.4, 0.5) is 11.4 Å². The first-order chi connectivity index (χ1) is 14.4. The fourth-order valence-electron chi connectivity index (χ4n) is 3.21. The van der Waals surface area contributed by atoms with Crippen molar-refractivity contribution in [3.63, 3.8) is 0 Å². The third-order valence-electron chi connectivity index (χ3n) is 4.86. The first-order valence-electron chi connectivity index (χ1n) is 9.65. The van der Waals surface area contributed by atoms with Gasteiger partial charge in [0, 0.05) is 39.1 Å². The molecular weight excluding hydrogens is 447 g/mol. The van der Waals surface area contributed by atoms with Crippen LogP contribution in [-0.4, -0.2) is 60.9 Å². The number of nitrogens with zero attached hydrogens (tertiary/aromatic N) is 2. The third kappa shape index (κ3) is 6.59. The molecule has 0 radical (unpaired) electrons. The zero-order chi connectivity index (χ0) is 21.5. The van der Waals surface area contributed by atoms with Gasteiger partial charge in [-0.15, -0.1) is 0 Å². The molecule has 0 atom stereocenters. The van der Waals surface area contributed by atoms with E-state index < -0.39 is 0 Å². The summed E-state index contributed by atoms with van der Waals surface area (Å²) in [6, 6.07) is 12.3. The maximum absolute atomic E-state index is 12.3. The number of rotatable bonds is 7. The van der Waals surface area contributed by atoms with Crippen LogP contribution in [-0.2, 0) is 9.59 Å². The van der Waals surface area contributed by atoms with Crippen molar-refractivity contribution in [2.75, 3.05) is 49.9 Å². The van der Waals surface area contributed by atoms with Crippen LogP contribution in [0, 0.1) is 0 Å². The van der Waals surface area contributed by atoms with E-state index in [1.807, 2.05) is 12.1 Å². The lowest BCUT2D eigenvalue weighted by Gasteiger charge is -2.34. The van der Waals surface area contributed by atoms with Gasteiger partial charge in [0.1, 0.15) is 0 Å². The zero-order valence-electron chi connectivity index (χ0n) is 16.3. The number of amides is 2. The summed E-state index contributed by atoms with van der Waals surface area (Å²) in [6.45, 7) is 4.04. The van der Waals surface area contributed by atoms with Crippen molar-refractivity contribution in [2.24, 2.45) is 0 Å². The summed E-state index contributed by atoms with van der Waals surface area (Å²) < 4.78 is 0. The molecule has 1 aliphatic heterocycles. The van der Waals surface area contributed by atoms with E-state index >= 15 is 0 Å². The van der Waals surface area contributed by atoms with Crippen molar-refractivity contribution in [3.05, 3.63) is 57.5 Å². The maximum Gasteiger partial charge on any atom is 0.238 e. The van der Waals surface area contributed by atoms with Gasteiger partial charge in [-0.3, -0.25) is 14.5 Å². The van der Waals surface area contributed by atoms with Crippen LogP contribution in [0.5, 0.6) is 0 Å². The van der Waals surface area contributed by atoms with Crippen LogP contribution in [0.2, 0.25) is 15.1 Å². The van der Waals surface area contributed by atoms with Crippen LogP contribution >= 0.6 is 34.8 Å². The molecule has 2 aromatic rings. The first-order valence-corrected chi connectivity index (χ1v) is 10.8. The molecule has 1 fully saturated rings. The number of carbonyl (C=O) groups excluding carboxylic acids is 2. The Morgan fingerprint density at radius 1 is 0.767 bits per heavy atom. The van der Waals surface area contributed by atoms with Gasteiger partial charge >= 0.3 is 0 Å². The number of nitrogens with one attached hydrogen (secondary N) is 2. The van der Waals surface area contributed by atoms with E-state index in [9.17, 15) is 9.59 Å². The molecule has 6 nitrogen and oxygen atoms in total. The lowest BCUT2D eigenvalue weighted by molar-refractivity contribution is -0.117. The number of piperazine rings is 1. The highest BCUT2D eigenvalue weighted by Gasteiger charge is 2.20. The molecule has 160 valence electrons. The van der Waals surface area contributed by atoms with E-state index in [1.54, 1.807) is 30.3 Å². The molecule has 1 aliphatic rings. The summed E-state index contributed by atoms with van der Waals surface area (Å²) in [5, 5.41) is 6.97. The van der Waals surface area contributed by atoms with E-state index in [0.29, 0.717) is 46.0 Å². The molecule has 0 unspecified atom stereocenters. The van der Waals surface area contributed by atoms with Gasteiger partial charge in [-0.05, 0) is 24.3 Å². The Balaban J connectivity index is 1.38. The normalized spacial score (nSPS) is 15.0. The van der Waals surface area contributed by atoms with E-state index in [4.69, 9.17) is 34.8 Å². The van der Waals surface area contributed by atoms with Crippen LogP contribution < -0.4 is 10.6 Å². The van der Waals surface area contributed by atoms with Crippen molar-refractivity contribution in [3.8, 4) is 0 Å². The van der Waals surface area contributed by atoms with E-state index in [0.717, 1.165) is 26.2 Å². The van der Waals surface area contributed by atoms with Gasteiger partial charge in [0.2, 0.25) is 11.8 Å². The van der Waals surface area contributed by atoms with E-state index in [-0.39, 0.29) is 11.8 Å². The average molecular weight is 470 g/mol. The number of halogens is 3. The molecule has 3 rings (SSSR count). The molecule has 0 aromatic heterocycles. The SMILES string of the molecule is O=C(CN1CCN(CCC(=O)Nc2c(Cl)cccc2Cl)CC1)Nc1ccccc1Cl. The summed E-state index contributed by atoms with van der Waals surface area (Å²) in [4.78, 5) is 28.8. The molecule has 2 amide bonds. The number of hydrogen-bond acceptors (Lipinski definition) is 4. The summed E-state index contributed by atoms with van der Waals surface area (Å²) >= 11 is 18.2. The van der Waals surface area contributed by atoms with E-state index in [1.165, 1.54) is 0 Å². The van der Waals surface area contributed by atoms with Crippen LogP contribution in [0.15, 0.2) is 42.5 Å². The van der Waals surface area contributed by atoms with Gasteiger partial charge in [0.15, 0.2) is 0 Å². The van der Waals surface area contributed by atoms with Gasteiger partial charge < -0.3 is 15.5 Å². The predicted octanol–water partition coefficient (Wildman–Crippen LogP) is 4.23. The van der Waals surface area contributed by atoms with Crippen molar-refractivity contribution in [1.29, 1.82) is 0 Å². The number of para-hydroxylation sites is 2. The monoisotopic (exact) mass is 468 g/mol. The zero-order valence-corrected chi connectivity index (χ0v) is 18.6. The second kappa shape index (κ2) is 11.0. The van der Waals surface area contributed by atoms with Crippen LogP contribution in [0.25, 0.3) is 0 Å². The highest BCUT2D eigenvalue weighted by molar-refractivity contribution is 6.39. The highest BCUT2D eigenvalue weighted by atomic mass is 35.5. The van der Waals surface area contributed by atoms with Gasteiger partial charge in [0.25, 0.3) is 0 Å². The Hall–Kier alpha value is -1.83.